The standard InChI is InChI=1S/C15H17N3O4S/c19-14(20)16-13-17-15(7-2-1-4-11(15)9-23-13)10-5-3-6-12(8-10)18(21)22/h3,5-6,8,11H,1-2,4,7,9H2,(H,16,17)(H,19,20)/t11-,15+/m0/s1. The normalized spacial score (nSPS) is 26.8. The van der Waals surface area contributed by atoms with E-state index in [1.807, 2.05) is 6.07 Å². The fourth-order valence-electron chi connectivity index (χ4n) is 3.48. The molecular weight excluding hydrogens is 318 g/mol. The molecule has 0 bridgehead atoms. The number of hydrogen-bond donors (Lipinski definition) is 2. The monoisotopic (exact) mass is 335 g/mol. The van der Waals surface area contributed by atoms with Crippen molar-refractivity contribution in [2.45, 2.75) is 31.2 Å². The van der Waals surface area contributed by atoms with Crippen molar-refractivity contribution in [2.75, 3.05) is 5.75 Å². The van der Waals surface area contributed by atoms with Gasteiger partial charge in [-0.15, -0.1) is 0 Å². The number of amides is 1. The minimum absolute atomic E-state index is 0.0439. The van der Waals surface area contributed by atoms with Crippen LogP contribution in [0.15, 0.2) is 29.3 Å². The summed E-state index contributed by atoms with van der Waals surface area (Å²) < 4.78 is 0. The Balaban J connectivity index is 2.07. The molecular formula is C15H17N3O4S. The average Bonchev–Trinajstić information content (AvgIpc) is 2.54. The number of benzene rings is 1. The Morgan fingerprint density at radius 1 is 1.48 bits per heavy atom. The number of carboxylic acid groups (broad SMARTS) is 1. The zero-order chi connectivity index (χ0) is 16.4. The second kappa shape index (κ2) is 6.19. The summed E-state index contributed by atoms with van der Waals surface area (Å²) >= 11 is 1.41. The molecule has 2 aliphatic rings. The number of amidine groups is 1. The van der Waals surface area contributed by atoms with Crippen molar-refractivity contribution in [2.24, 2.45) is 10.9 Å². The lowest BCUT2D eigenvalue weighted by Gasteiger charge is -2.44. The first-order chi connectivity index (χ1) is 11.0. The third-order valence-corrected chi connectivity index (χ3v) is 5.56. The molecule has 23 heavy (non-hydrogen) atoms. The van der Waals surface area contributed by atoms with E-state index in [-0.39, 0.29) is 11.6 Å². The molecule has 122 valence electrons. The molecule has 1 heterocycles. The van der Waals surface area contributed by atoms with Crippen LogP contribution in [0.1, 0.15) is 31.2 Å². The maximum atomic E-state index is 11.1. The van der Waals surface area contributed by atoms with Crippen LogP contribution in [-0.4, -0.2) is 27.0 Å². The molecule has 1 aromatic carbocycles. The maximum Gasteiger partial charge on any atom is 0.410 e. The summed E-state index contributed by atoms with van der Waals surface area (Å²) in [5.74, 6) is 1.03. The molecule has 0 unspecified atom stereocenters. The third kappa shape index (κ3) is 3.03. The molecule has 7 nitrogen and oxygen atoms in total. The molecule has 3 rings (SSSR count). The Bertz CT molecular complexity index is 678. The number of nitrogens with zero attached hydrogens (tertiary/aromatic N) is 2. The van der Waals surface area contributed by atoms with Crippen molar-refractivity contribution in [3.63, 3.8) is 0 Å². The lowest BCUT2D eigenvalue weighted by Crippen LogP contribution is -2.44. The number of rotatable bonds is 2. The molecule has 2 N–H and O–H groups in total. The summed E-state index contributed by atoms with van der Waals surface area (Å²) in [5.41, 5.74) is 0.289. The van der Waals surface area contributed by atoms with E-state index in [0.717, 1.165) is 37.0 Å². The Hall–Kier alpha value is -2.09. The smallest absolute Gasteiger partial charge is 0.410 e. The van der Waals surface area contributed by atoms with E-state index in [4.69, 9.17) is 10.1 Å². The molecule has 0 aromatic heterocycles. The van der Waals surface area contributed by atoms with Gasteiger partial charge in [0.1, 0.15) is 0 Å². The molecule has 0 spiro atoms. The number of hydrogen-bond acceptors (Lipinski definition) is 5. The molecule has 8 heteroatoms. The minimum atomic E-state index is -1.14. The van der Waals surface area contributed by atoms with Crippen molar-refractivity contribution in [1.82, 2.24) is 5.32 Å². The molecule has 1 amide bonds. The minimum Gasteiger partial charge on any atom is -0.465 e. The van der Waals surface area contributed by atoms with E-state index in [9.17, 15) is 14.9 Å². The van der Waals surface area contributed by atoms with Gasteiger partial charge >= 0.3 is 6.09 Å². The van der Waals surface area contributed by atoms with Crippen LogP contribution in [0.3, 0.4) is 0 Å². The quantitative estimate of drug-likeness (QED) is 0.637. The van der Waals surface area contributed by atoms with Crippen molar-refractivity contribution >= 4 is 28.7 Å². The number of non-ortho nitro benzene ring substituents is 1. The first kappa shape index (κ1) is 15.8. The molecule has 1 fully saturated rings. The number of aliphatic imine (C=N–C) groups is 1. The van der Waals surface area contributed by atoms with Crippen LogP contribution < -0.4 is 5.32 Å². The first-order valence-corrected chi connectivity index (χ1v) is 8.47. The first-order valence-electron chi connectivity index (χ1n) is 7.49. The molecule has 1 aliphatic carbocycles. The van der Waals surface area contributed by atoms with E-state index >= 15 is 0 Å². The fourth-order valence-corrected chi connectivity index (χ4v) is 4.67. The van der Waals surface area contributed by atoms with Gasteiger partial charge in [0.2, 0.25) is 0 Å². The predicted octanol–water partition coefficient (Wildman–Crippen LogP) is 3.35. The number of carbonyl (C=O) groups is 1. The lowest BCUT2D eigenvalue weighted by atomic mass is 9.70. The summed E-state index contributed by atoms with van der Waals surface area (Å²) in [7, 11) is 0. The van der Waals surface area contributed by atoms with Crippen LogP contribution in [0.2, 0.25) is 0 Å². The van der Waals surface area contributed by atoms with Gasteiger partial charge in [0, 0.05) is 17.9 Å². The van der Waals surface area contributed by atoms with Gasteiger partial charge in [-0.05, 0) is 24.3 Å². The molecule has 1 aromatic rings. The third-order valence-electron chi connectivity index (χ3n) is 4.53. The summed E-state index contributed by atoms with van der Waals surface area (Å²) in [6.45, 7) is 0. The van der Waals surface area contributed by atoms with Gasteiger partial charge in [-0.1, -0.05) is 36.7 Å². The summed E-state index contributed by atoms with van der Waals surface area (Å²) in [4.78, 5) is 26.3. The van der Waals surface area contributed by atoms with E-state index in [0.29, 0.717) is 5.17 Å². The molecule has 0 saturated heterocycles. The predicted molar refractivity (Wildman–Crippen MR) is 87.8 cm³/mol. The Kier molecular flexibility index (Phi) is 4.25. The molecule has 2 atom stereocenters. The van der Waals surface area contributed by atoms with Crippen LogP contribution in [0.25, 0.3) is 0 Å². The number of nitro benzene ring substituents is 1. The molecule has 1 aliphatic heterocycles. The van der Waals surface area contributed by atoms with Crippen LogP contribution in [0, 0.1) is 16.0 Å². The summed E-state index contributed by atoms with van der Waals surface area (Å²) in [6.07, 6.45) is 2.73. The Labute approximate surface area is 137 Å². The van der Waals surface area contributed by atoms with Crippen LogP contribution in [0.5, 0.6) is 0 Å². The number of fused-ring (bicyclic) bond motifs is 1. The number of nitrogens with one attached hydrogen (secondary N) is 1. The summed E-state index contributed by atoms with van der Waals surface area (Å²) in [5, 5.41) is 22.7. The van der Waals surface area contributed by atoms with Gasteiger partial charge in [0.15, 0.2) is 5.17 Å². The van der Waals surface area contributed by atoms with Crippen molar-refractivity contribution in [3.8, 4) is 0 Å². The van der Waals surface area contributed by atoms with Crippen molar-refractivity contribution in [1.29, 1.82) is 0 Å². The SMILES string of the molecule is O=C(O)NC1=N[C@@]2(c3cccc([N+](=O)[O-])c3)CCCC[C@H]2CS1. The number of nitro groups is 1. The van der Waals surface area contributed by atoms with Crippen LogP contribution >= 0.6 is 11.8 Å². The van der Waals surface area contributed by atoms with Gasteiger partial charge in [-0.2, -0.15) is 0 Å². The zero-order valence-electron chi connectivity index (χ0n) is 12.4. The highest BCUT2D eigenvalue weighted by atomic mass is 32.2. The second-order valence-electron chi connectivity index (χ2n) is 5.83. The van der Waals surface area contributed by atoms with E-state index in [2.05, 4.69) is 5.32 Å². The zero-order valence-corrected chi connectivity index (χ0v) is 13.2. The van der Waals surface area contributed by atoms with Gasteiger partial charge in [0.25, 0.3) is 5.69 Å². The van der Waals surface area contributed by atoms with Crippen molar-refractivity contribution in [3.05, 3.63) is 39.9 Å². The Morgan fingerprint density at radius 3 is 3.04 bits per heavy atom. The van der Waals surface area contributed by atoms with Crippen LogP contribution in [-0.2, 0) is 5.54 Å². The average molecular weight is 335 g/mol. The summed E-state index contributed by atoms with van der Waals surface area (Å²) in [6, 6.07) is 6.59. The van der Waals surface area contributed by atoms with E-state index in [1.165, 1.54) is 17.8 Å². The topological polar surface area (TPSA) is 105 Å². The largest absolute Gasteiger partial charge is 0.465 e. The van der Waals surface area contributed by atoms with Gasteiger partial charge < -0.3 is 5.11 Å². The van der Waals surface area contributed by atoms with Crippen LogP contribution in [0.4, 0.5) is 10.5 Å². The molecule has 0 radical (unpaired) electrons. The maximum absolute atomic E-state index is 11.1. The molecule has 1 saturated carbocycles. The van der Waals surface area contributed by atoms with Gasteiger partial charge in [-0.25, -0.2) is 4.79 Å². The van der Waals surface area contributed by atoms with Gasteiger partial charge in [0.05, 0.1) is 10.5 Å². The highest BCUT2D eigenvalue weighted by molar-refractivity contribution is 8.13. The highest BCUT2D eigenvalue weighted by Gasteiger charge is 2.45. The fraction of sp³-hybridized carbons (Fsp3) is 0.467. The number of thioether (sulfide) groups is 1. The van der Waals surface area contributed by atoms with Gasteiger partial charge in [-0.3, -0.25) is 20.4 Å². The second-order valence-corrected chi connectivity index (χ2v) is 6.84. The van der Waals surface area contributed by atoms with E-state index < -0.39 is 16.6 Å². The Morgan fingerprint density at radius 2 is 2.30 bits per heavy atom. The lowest BCUT2D eigenvalue weighted by molar-refractivity contribution is -0.385. The van der Waals surface area contributed by atoms with Crippen molar-refractivity contribution < 1.29 is 14.8 Å². The highest BCUT2D eigenvalue weighted by Crippen LogP contribution is 2.49. The van der Waals surface area contributed by atoms with E-state index in [1.54, 1.807) is 12.1 Å².